The number of amidine groups is 1. The summed E-state index contributed by atoms with van der Waals surface area (Å²) >= 11 is 1.93. The molecule has 0 aromatic carbocycles. The van der Waals surface area contributed by atoms with Gasteiger partial charge in [0, 0.05) is 11.3 Å². The molecule has 1 aliphatic carbocycles. The quantitative estimate of drug-likeness (QED) is 0.708. The van der Waals surface area contributed by atoms with Gasteiger partial charge in [0.1, 0.15) is 0 Å². The fourth-order valence-electron chi connectivity index (χ4n) is 1.22. The summed E-state index contributed by atoms with van der Waals surface area (Å²) in [4.78, 5) is 4.49. The molecule has 0 aromatic rings. The number of nitrogens with zero attached hydrogens (tertiary/aromatic N) is 1. The third-order valence-electron chi connectivity index (χ3n) is 2.33. The van der Waals surface area contributed by atoms with Crippen LogP contribution in [0.1, 0.15) is 26.7 Å². The smallest absolute Gasteiger partial charge is 0.157 e. The largest absolute Gasteiger partial charge is 0.362 e. The molecule has 12 heavy (non-hydrogen) atoms. The van der Waals surface area contributed by atoms with Gasteiger partial charge in [0.25, 0.3) is 0 Å². The molecule has 2 nitrogen and oxygen atoms in total. The van der Waals surface area contributed by atoms with E-state index in [2.05, 4.69) is 24.2 Å². The van der Waals surface area contributed by atoms with Crippen molar-refractivity contribution >= 4 is 16.9 Å². The Morgan fingerprint density at radius 3 is 2.75 bits per heavy atom. The highest BCUT2D eigenvalue weighted by atomic mass is 32.2. The molecule has 68 valence electrons. The predicted octanol–water partition coefficient (Wildman–Crippen LogP) is 1.87. The van der Waals surface area contributed by atoms with Crippen LogP contribution in [0, 0.1) is 5.92 Å². The van der Waals surface area contributed by atoms with E-state index in [1.54, 1.807) is 0 Å². The van der Waals surface area contributed by atoms with Crippen molar-refractivity contribution < 1.29 is 0 Å². The van der Waals surface area contributed by atoms with Crippen LogP contribution < -0.4 is 5.32 Å². The summed E-state index contributed by atoms with van der Waals surface area (Å²) < 4.78 is 0. The molecule has 1 N–H and O–H groups in total. The fourth-order valence-corrected chi connectivity index (χ4v) is 2.31. The van der Waals surface area contributed by atoms with Crippen LogP contribution >= 0.6 is 11.8 Å². The van der Waals surface area contributed by atoms with E-state index in [1.807, 2.05) is 11.8 Å². The number of hydrogen-bond donors (Lipinski definition) is 1. The van der Waals surface area contributed by atoms with Crippen molar-refractivity contribution in [2.45, 2.75) is 38.0 Å². The molecule has 0 radical (unpaired) electrons. The zero-order chi connectivity index (χ0) is 8.55. The van der Waals surface area contributed by atoms with Gasteiger partial charge in [-0.1, -0.05) is 25.6 Å². The number of aliphatic imine (C=N–C) groups is 1. The highest BCUT2D eigenvalue weighted by Crippen LogP contribution is 2.28. The molecule has 1 atom stereocenters. The first-order valence-corrected chi connectivity index (χ1v) is 5.61. The molecule has 1 aliphatic heterocycles. The van der Waals surface area contributed by atoms with Crippen LogP contribution in [-0.4, -0.2) is 23.0 Å². The average molecular weight is 184 g/mol. The first kappa shape index (κ1) is 8.42. The molecule has 1 unspecified atom stereocenters. The van der Waals surface area contributed by atoms with Crippen LogP contribution in [-0.2, 0) is 0 Å². The summed E-state index contributed by atoms with van der Waals surface area (Å²) in [6.45, 7) is 5.55. The monoisotopic (exact) mass is 184 g/mol. The van der Waals surface area contributed by atoms with Gasteiger partial charge < -0.3 is 5.32 Å². The van der Waals surface area contributed by atoms with E-state index in [0.717, 1.165) is 18.5 Å². The normalized spacial score (nSPS) is 29.2. The van der Waals surface area contributed by atoms with E-state index < -0.39 is 0 Å². The summed E-state index contributed by atoms with van der Waals surface area (Å²) in [5.41, 5.74) is 0. The molecule has 0 bridgehead atoms. The Morgan fingerprint density at radius 1 is 1.50 bits per heavy atom. The van der Waals surface area contributed by atoms with Crippen LogP contribution in [0.15, 0.2) is 4.99 Å². The van der Waals surface area contributed by atoms with Crippen molar-refractivity contribution in [3.05, 3.63) is 0 Å². The Bertz CT molecular complexity index is 197. The van der Waals surface area contributed by atoms with Gasteiger partial charge in [0.2, 0.25) is 0 Å². The van der Waals surface area contributed by atoms with Crippen molar-refractivity contribution in [2.24, 2.45) is 10.9 Å². The van der Waals surface area contributed by atoms with Gasteiger partial charge >= 0.3 is 0 Å². The van der Waals surface area contributed by atoms with Crippen LogP contribution in [0.5, 0.6) is 0 Å². The van der Waals surface area contributed by atoms with Crippen LogP contribution in [0.4, 0.5) is 0 Å². The van der Waals surface area contributed by atoms with Gasteiger partial charge in [0.15, 0.2) is 5.17 Å². The van der Waals surface area contributed by atoms with Crippen LogP contribution in [0.2, 0.25) is 0 Å². The third-order valence-corrected chi connectivity index (χ3v) is 3.79. The highest BCUT2D eigenvalue weighted by molar-refractivity contribution is 8.14. The van der Waals surface area contributed by atoms with Crippen molar-refractivity contribution in [1.82, 2.24) is 5.32 Å². The number of rotatable bonds is 2. The number of thioether (sulfide) groups is 1. The average Bonchev–Trinajstić information content (AvgIpc) is 2.66. The van der Waals surface area contributed by atoms with E-state index >= 15 is 0 Å². The Hall–Kier alpha value is -0.180. The van der Waals surface area contributed by atoms with Crippen molar-refractivity contribution in [3.63, 3.8) is 0 Å². The predicted molar refractivity (Wildman–Crippen MR) is 54.7 cm³/mol. The van der Waals surface area contributed by atoms with Crippen LogP contribution in [0.3, 0.4) is 0 Å². The summed E-state index contributed by atoms with van der Waals surface area (Å²) in [5.74, 6) is 0.747. The third kappa shape index (κ3) is 1.94. The second-order valence-electron chi connectivity index (χ2n) is 3.96. The topological polar surface area (TPSA) is 24.4 Å². The second kappa shape index (κ2) is 3.29. The lowest BCUT2D eigenvalue weighted by Gasteiger charge is -2.11. The molecule has 1 fully saturated rings. The Balaban J connectivity index is 1.78. The minimum absolute atomic E-state index is 0.714. The SMILES string of the molecule is CC(C)C1CN=C(NC2CC2)S1. The summed E-state index contributed by atoms with van der Waals surface area (Å²) in [6, 6.07) is 0.752. The summed E-state index contributed by atoms with van der Waals surface area (Å²) in [7, 11) is 0. The molecule has 0 saturated heterocycles. The van der Waals surface area contributed by atoms with E-state index in [4.69, 9.17) is 0 Å². The van der Waals surface area contributed by atoms with Crippen molar-refractivity contribution in [1.29, 1.82) is 0 Å². The summed E-state index contributed by atoms with van der Waals surface area (Å²) in [6.07, 6.45) is 2.68. The molecule has 3 heteroatoms. The molecule has 0 spiro atoms. The molecule has 2 aliphatic rings. The fraction of sp³-hybridized carbons (Fsp3) is 0.889. The van der Waals surface area contributed by atoms with Crippen molar-refractivity contribution in [3.8, 4) is 0 Å². The first-order chi connectivity index (χ1) is 5.75. The molecular formula is C9H16N2S. The zero-order valence-corrected chi connectivity index (χ0v) is 8.53. The number of hydrogen-bond acceptors (Lipinski definition) is 3. The standard InChI is InChI=1S/C9H16N2S/c1-6(2)8-5-10-9(12-8)11-7-3-4-7/h6-8H,3-5H2,1-2H3,(H,10,11). The van der Waals surface area contributed by atoms with Gasteiger partial charge in [-0.05, 0) is 18.8 Å². The molecule has 0 amide bonds. The van der Waals surface area contributed by atoms with Crippen LogP contribution in [0.25, 0.3) is 0 Å². The van der Waals surface area contributed by atoms with Gasteiger partial charge in [-0.15, -0.1) is 0 Å². The van der Waals surface area contributed by atoms with Gasteiger partial charge in [-0.25, -0.2) is 0 Å². The lowest BCUT2D eigenvalue weighted by Crippen LogP contribution is -2.22. The Morgan fingerprint density at radius 2 is 2.25 bits per heavy atom. The molecule has 1 heterocycles. The molecular weight excluding hydrogens is 168 g/mol. The lowest BCUT2D eigenvalue weighted by molar-refractivity contribution is 0.621. The Labute approximate surface area is 78.2 Å². The number of nitrogens with one attached hydrogen (secondary N) is 1. The van der Waals surface area contributed by atoms with Gasteiger partial charge in [-0.3, -0.25) is 4.99 Å². The molecule has 1 saturated carbocycles. The first-order valence-electron chi connectivity index (χ1n) is 4.73. The van der Waals surface area contributed by atoms with E-state index in [0.29, 0.717) is 5.25 Å². The van der Waals surface area contributed by atoms with Gasteiger partial charge in [-0.2, -0.15) is 0 Å². The Kier molecular flexibility index (Phi) is 2.31. The highest BCUT2D eigenvalue weighted by Gasteiger charge is 2.27. The second-order valence-corrected chi connectivity index (χ2v) is 5.19. The van der Waals surface area contributed by atoms with Crippen molar-refractivity contribution in [2.75, 3.05) is 6.54 Å². The maximum absolute atomic E-state index is 4.49. The zero-order valence-electron chi connectivity index (χ0n) is 7.71. The van der Waals surface area contributed by atoms with E-state index in [-0.39, 0.29) is 0 Å². The molecule has 2 rings (SSSR count). The van der Waals surface area contributed by atoms with E-state index in [1.165, 1.54) is 18.0 Å². The van der Waals surface area contributed by atoms with E-state index in [9.17, 15) is 0 Å². The molecule has 0 aromatic heterocycles. The summed E-state index contributed by atoms with van der Waals surface area (Å²) in [5, 5.41) is 5.36. The maximum atomic E-state index is 4.49. The van der Waals surface area contributed by atoms with Gasteiger partial charge in [0.05, 0.1) is 6.54 Å². The minimum Gasteiger partial charge on any atom is -0.362 e. The minimum atomic E-state index is 0.714. The lowest BCUT2D eigenvalue weighted by atomic mass is 10.1. The maximum Gasteiger partial charge on any atom is 0.157 e.